The van der Waals surface area contributed by atoms with Crippen molar-refractivity contribution >= 4 is 56.8 Å². The van der Waals surface area contributed by atoms with Crippen LogP contribution in [0.2, 0.25) is 10.0 Å². The molecule has 0 saturated heterocycles. The Labute approximate surface area is 241 Å². The molecule has 0 fully saturated rings. The van der Waals surface area contributed by atoms with Crippen LogP contribution in [0, 0.1) is 0 Å². The highest BCUT2D eigenvalue weighted by molar-refractivity contribution is 9.10. The van der Waals surface area contributed by atoms with Crippen LogP contribution in [0.15, 0.2) is 76.4 Å². The highest BCUT2D eigenvalue weighted by Gasteiger charge is 2.36. The van der Waals surface area contributed by atoms with E-state index in [1.807, 2.05) is 37.3 Å². The summed E-state index contributed by atoms with van der Waals surface area (Å²) in [5.74, 6) is 1.18. The number of hydrogen-bond acceptors (Lipinski definition) is 3. The number of hydrogen-bond donors (Lipinski definition) is 2. The molecule has 1 atom stereocenters. The van der Waals surface area contributed by atoms with Crippen LogP contribution in [0.3, 0.4) is 0 Å². The number of benzene rings is 3. The number of anilines is 1. The topological polar surface area (TPSA) is 70.7 Å². The number of halogens is 3. The number of urea groups is 1. The van der Waals surface area contributed by atoms with Gasteiger partial charge in [-0.25, -0.2) is 4.79 Å². The molecule has 4 rings (SSSR count). The number of rotatable bonds is 7. The van der Waals surface area contributed by atoms with Crippen molar-refractivity contribution in [1.82, 2.24) is 10.2 Å². The Balaban J connectivity index is 1.65. The predicted molar refractivity (Wildman–Crippen MR) is 156 cm³/mol. The minimum atomic E-state index is -0.673. The van der Waals surface area contributed by atoms with Crippen LogP contribution in [-0.2, 0) is 4.79 Å². The van der Waals surface area contributed by atoms with Crippen LogP contribution in [0.4, 0.5) is 10.5 Å². The van der Waals surface area contributed by atoms with Crippen LogP contribution in [0.5, 0.6) is 11.5 Å². The first-order valence-corrected chi connectivity index (χ1v) is 13.8. The lowest BCUT2D eigenvalue weighted by molar-refractivity contribution is -0.113. The fourth-order valence-corrected chi connectivity index (χ4v) is 5.20. The molecule has 2 N–H and O–H groups in total. The Kier molecular flexibility index (Phi) is 8.71. The molecule has 3 aromatic carbocycles. The number of amides is 3. The largest absolute Gasteiger partial charge is 0.457 e. The normalized spacial score (nSPS) is 15.5. The summed E-state index contributed by atoms with van der Waals surface area (Å²) in [4.78, 5) is 28.1. The van der Waals surface area contributed by atoms with Gasteiger partial charge < -0.3 is 15.4 Å². The quantitative estimate of drug-likeness (QED) is 0.279. The second-order valence-corrected chi connectivity index (χ2v) is 10.9. The Morgan fingerprint density at radius 3 is 2.32 bits per heavy atom. The maximum atomic E-state index is 13.6. The van der Waals surface area contributed by atoms with Crippen molar-refractivity contribution in [3.8, 4) is 11.5 Å². The lowest BCUT2D eigenvalue weighted by Crippen LogP contribution is -2.48. The van der Waals surface area contributed by atoms with Crippen LogP contribution >= 0.6 is 39.1 Å². The summed E-state index contributed by atoms with van der Waals surface area (Å²) in [6.45, 7) is 8.34. The molecule has 0 aromatic heterocycles. The van der Waals surface area contributed by atoms with Gasteiger partial charge in [-0.15, -0.1) is 0 Å². The van der Waals surface area contributed by atoms with Crippen LogP contribution in [0.25, 0.3) is 0 Å². The predicted octanol–water partition coefficient (Wildman–Crippen LogP) is 8.67. The van der Waals surface area contributed by atoms with Crippen LogP contribution in [-0.4, -0.2) is 23.4 Å². The molecular weight excluding hydrogens is 589 g/mol. The highest BCUT2D eigenvalue weighted by atomic mass is 79.9. The van der Waals surface area contributed by atoms with Crippen molar-refractivity contribution in [2.24, 2.45) is 0 Å². The molecule has 3 amide bonds. The van der Waals surface area contributed by atoms with E-state index >= 15 is 0 Å². The molecule has 38 heavy (non-hydrogen) atoms. The third kappa shape index (κ3) is 6.01. The van der Waals surface area contributed by atoms with E-state index in [0.29, 0.717) is 55.4 Å². The minimum absolute atomic E-state index is 0.268. The van der Waals surface area contributed by atoms with Crippen LogP contribution in [0.1, 0.15) is 50.8 Å². The monoisotopic (exact) mass is 615 g/mol. The van der Waals surface area contributed by atoms with Crippen molar-refractivity contribution in [3.63, 3.8) is 0 Å². The summed E-state index contributed by atoms with van der Waals surface area (Å²) < 4.78 is 6.60. The molecule has 9 heteroatoms. The molecule has 1 unspecified atom stereocenters. The smallest absolute Gasteiger partial charge is 0.322 e. The summed E-state index contributed by atoms with van der Waals surface area (Å²) in [5.41, 5.74) is 3.64. The van der Waals surface area contributed by atoms with E-state index in [1.165, 1.54) is 5.56 Å². The van der Waals surface area contributed by atoms with E-state index in [2.05, 4.69) is 40.4 Å². The molecular formula is C29H28BrCl2N3O3. The number of ether oxygens (including phenoxy) is 1. The van der Waals surface area contributed by atoms with E-state index in [4.69, 9.17) is 27.9 Å². The lowest BCUT2D eigenvalue weighted by Gasteiger charge is -2.35. The Morgan fingerprint density at radius 1 is 1.05 bits per heavy atom. The first-order chi connectivity index (χ1) is 18.1. The highest BCUT2D eigenvalue weighted by Crippen LogP contribution is 2.38. The van der Waals surface area contributed by atoms with Crippen molar-refractivity contribution in [2.45, 2.75) is 39.7 Å². The molecule has 3 aromatic rings. The molecule has 0 bridgehead atoms. The molecule has 1 aliphatic rings. The van der Waals surface area contributed by atoms with Gasteiger partial charge in [0, 0.05) is 28.5 Å². The molecule has 0 aliphatic carbocycles. The van der Waals surface area contributed by atoms with Crippen molar-refractivity contribution in [2.75, 3.05) is 11.9 Å². The maximum absolute atomic E-state index is 13.6. The van der Waals surface area contributed by atoms with Gasteiger partial charge in [-0.1, -0.05) is 71.2 Å². The Bertz CT molecular complexity index is 1410. The van der Waals surface area contributed by atoms with Crippen molar-refractivity contribution in [3.05, 3.63) is 97.6 Å². The lowest BCUT2D eigenvalue weighted by atomic mass is 9.94. The van der Waals surface area contributed by atoms with Gasteiger partial charge >= 0.3 is 6.03 Å². The molecule has 1 aliphatic heterocycles. The molecule has 0 radical (unpaired) electrons. The molecule has 1 heterocycles. The van der Waals surface area contributed by atoms with Crippen molar-refractivity contribution < 1.29 is 14.3 Å². The standard InChI is InChI=1S/C29H28BrCl2N3O3/c1-5-35-17(4)26(28(36)33-19-8-6-18(7-9-19)16(2)3)27(34-29(35)37)22-12-10-20(14-23(22)30)38-21-11-13-24(31)25(32)15-21/h6-16,27H,5H2,1-4H3,(H,33,36)(H,34,37). The first-order valence-electron chi connectivity index (χ1n) is 12.2. The second-order valence-electron chi connectivity index (χ2n) is 9.22. The number of nitrogens with zero attached hydrogens (tertiary/aromatic N) is 1. The van der Waals surface area contributed by atoms with E-state index in [9.17, 15) is 9.59 Å². The fraction of sp³-hybridized carbons (Fsp3) is 0.241. The SMILES string of the molecule is CCN1C(=O)NC(c2ccc(Oc3ccc(Cl)c(Cl)c3)cc2Br)C(C(=O)Nc2ccc(C(C)C)cc2)=C1C. The minimum Gasteiger partial charge on any atom is -0.457 e. The third-order valence-electron chi connectivity index (χ3n) is 6.40. The van der Waals surface area contributed by atoms with Gasteiger partial charge in [0.25, 0.3) is 5.91 Å². The van der Waals surface area contributed by atoms with Gasteiger partial charge in [-0.2, -0.15) is 0 Å². The number of allylic oxidation sites excluding steroid dienone is 1. The number of carbonyl (C=O) groups is 2. The van der Waals surface area contributed by atoms with Crippen molar-refractivity contribution in [1.29, 1.82) is 0 Å². The zero-order chi connectivity index (χ0) is 27.6. The first kappa shape index (κ1) is 28.0. The van der Waals surface area contributed by atoms with Gasteiger partial charge in [0.2, 0.25) is 0 Å². The van der Waals surface area contributed by atoms with E-state index in [-0.39, 0.29) is 11.9 Å². The summed E-state index contributed by atoms with van der Waals surface area (Å²) in [5, 5.41) is 6.82. The average Bonchev–Trinajstić information content (AvgIpc) is 2.86. The Morgan fingerprint density at radius 2 is 1.71 bits per heavy atom. The average molecular weight is 617 g/mol. The third-order valence-corrected chi connectivity index (χ3v) is 7.83. The zero-order valence-electron chi connectivity index (χ0n) is 21.4. The fourth-order valence-electron chi connectivity index (χ4n) is 4.32. The van der Waals surface area contributed by atoms with Gasteiger partial charge in [0.1, 0.15) is 11.5 Å². The Hall–Kier alpha value is -3.00. The summed E-state index contributed by atoms with van der Waals surface area (Å²) in [7, 11) is 0. The molecule has 6 nitrogen and oxygen atoms in total. The second kappa shape index (κ2) is 11.8. The van der Waals surface area contributed by atoms with Gasteiger partial charge in [-0.3, -0.25) is 9.69 Å². The molecule has 198 valence electrons. The van der Waals surface area contributed by atoms with Gasteiger partial charge in [0.15, 0.2) is 0 Å². The summed E-state index contributed by atoms with van der Waals surface area (Å²) in [6, 6.07) is 17.2. The summed E-state index contributed by atoms with van der Waals surface area (Å²) in [6.07, 6.45) is 0. The number of carbonyl (C=O) groups excluding carboxylic acids is 2. The van der Waals surface area contributed by atoms with Crippen LogP contribution < -0.4 is 15.4 Å². The van der Waals surface area contributed by atoms with Gasteiger partial charge in [0.05, 0.1) is 21.7 Å². The van der Waals surface area contributed by atoms with E-state index in [1.54, 1.807) is 42.2 Å². The molecule has 0 spiro atoms. The maximum Gasteiger partial charge on any atom is 0.322 e. The van der Waals surface area contributed by atoms with E-state index in [0.717, 1.165) is 5.56 Å². The number of nitrogens with one attached hydrogen (secondary N) is 2. The molecule has 0 saturated carbocycles. The van der Waals surface area contributed by atoms with Gasteiger partial charge in [-0.05, 0) is 67.3 Å². The zero-order valence-corrected chi connectivity index (χ0v) is 24.5. The van der Waals surface area contributed by atoms with E-state index < -0.39 is 6.04 Å². The summed E-state index contributed by atoms with van der Waals surface area (Å²) >= 11 is 15.7.